The van der Waals surface area contributed by atoms with Crippen LogP contribution < -0.4 is 18.3 Å². The maximum absolute atomic E-state index is 14.3. The van der Waals surface area contributed by atoms with Gasteiger partial charge in [0.05, 0.1) is 36.0 Å². The molecule has 0 aliphatic rings. The maximum Gasteiger partial charge on any atom is 0.287 e. The van der Waals surface area contributed by atoms with Crippen molar-refractivity contribution < 1.29 is 38.6 Å². The highest BCUT2D eigenvalue weighted by Gasteiger charge is 2.29. The lowest BCUT2D eigenvalue weighted by Gasteiger charge is -2.14. The highest BCUT2D eigenvalue weighted by Crippen LogP contribution is 2.42. The minimum Gasteiger partial charge on any atom is -0.437 e. The van der Waals surface area contributed by atoms with E-state index in [0.29, 0.717) is 40.0 Å². The van der Waals surface area contributed by atoms with Crippen LogP contribution in [0.3, 0.4) is 0 Å². The third kappa shape index (κ3) is 14.8. The number of fused-ring (bicyclic) bond motifs is 10. The van der Waals surface area contributed by atoms with Gasteiger partial charge in [0.25, 0.3) is 12.7 Å². The standard InChI is InChI=1S/2C28H29N2O.C22H26FN2.C18H18FN2.CH4/c2*1-16(2)14-20-8-7-9-24-21(20)12-13-25(30(24)6)26-19(5)17(3)15-23-22-11-10-18(4)29-28(22)31-27(23)26;1-13(2)9-17-7-8-18-20(11-17)24-12-25(6)22(18)19-10-14(3)21(23)16(5)15(19)4;1-11-9-15(12(2)13(3)17(11)19)18-14-7-5-6-8-16(14)20-10-21(18)4;/h2*7-13,15-16H,14H2,1-6H3;7-8,10-13H,9H2,1-6H3;5-10H,1-4H3;1H4/q4*+1;/i14D2;;;;. The molecule has 8 aromatic heterocycles. The summed E-state index contributed by atoms with van der Waals surface area (Å²) >= 11 is 0. The number of aromatic nitrogens is 8. The zero-order chi connectivity index (χ0) is 79.0. The summed E-state index contributed by atoms with van der Waals surface area (Å²) in [5.41, 5.74) is 31.0. The molecule has 8 heterocycles. The summed E-state index contributed by atoms with van der Waals surface area (Å²) in [6.45, 7) is 36.8. The number of rotatable bonds is 10. The van der Waals surface area contributed by atoms with Crippen LogP contribution in [0.2, 0.25) is 0 Å². The summed E-state index contributed by atoms with van der Waals surface area (Å²) in [5.74, 6) is 0.888. The molecule has 0 aliphatic carbocycles. The van der Waals surface area contributed by atoms with Gasteiger partial charge in [-0.25, -0.2) is 27.9 Å². The molecule has 109 heavy (non-hydrogen) atoms. The molecule has 16 aromatic rings. The van der Waals surface area contributed by atoms with Crippen LogP contribution in [0, 0.1) is 112 Å². The summed E-state index contributed by atoms with van der Waals surface area (Å²) in [5, 5.41) is 8.75. The Hall–Kier alpha value is -11.0. The van der Waals surface area contributed by atoms with Gasteiger partial charge < -0.3 is 8.83 Å². The SMILES string of the molecule is C.Cc1cc(-c2c3ccc(CC(C)C)cc3nc[n+]2C)c(C)c(C)c1F.Cc1cc(-c2c3ccccc3nc[n+]2C)c(C)c(C)c1F.Cc1ccc2c(n1)oc1c(-c3ccc4c(CC(C)C)cccc4[n+]3C)c(C)c(C)cc12.[2H]C([2H])(c1cccc2c1ccc(-c1c(C)c(C)cc3c1oc1nc(C)ccc13)[n+]2C)C(C)C. The molecule has 8 aromatic carbocycles. The van der Waals surface area contributed by atoms with Crippen LogP contribution in [0.5, 0.6) is 0 Å². The summed E-state index contributed by atoms with van der Waals surface area (Å²) < 4.78 is 66.9. The molecule has 556 valence electrons. The van der Waals surface area contributed by atoms with E-state index in [2.05, 4.69) is 195 Å². The largest absolute Gasteiger partial charge is 0.437 e. The van der Waals surface area contributed by atoms with Gasteiger partial charge in [0.15, 0.2) is 22.2 Å². The molecule has 0 fully saturated rings. The van der Waals surface area contributed by atoms with E-state index in [0.717, 1.165) is 157 Å². The predicted octanol–water partition coefficient (Wildman–Crippen LogP) is 22.9. The lowest BCUT2D eigenvalue weighted by molar-refractivity contribution is -0.662. The van der Waals surface area contributed by atoms with Crippen LogP contribution in [0.4, 0.5) is 8.78 Å². The van der Waals surface area contributed by atoms with Crippen molar-refractivity contribution in [3.8, 4) is 45.0 Å². The average molecular weight is 1460 g/mol. The van der Waals surface area contributed by atoms with Crippen molar-refractivity contribution in [2.45, 2.75) is 151 Å². The molecule has 0 spiro atoms. The number of benzene rings is 8. The molecule has 0 bridgehead atoms. The zero-order valence-electron chi connectivity index (χ0n) is 68.9. The third-order valence-electron chi connectivity index (χ3n) is 21.8. The number of nitrogens with zero attached hydrogens (tertiary/aromatic N) is 8. The zero-order valence-corrected chi connectivity index (χ0v) is 66.9. The predicted molar refractivity (Wildman–Crippen MR) is 447 cm³/mol. The maximum atomic E-state index is 14.3. The Balaban J connectivity index is 0.000000139. The lowest BCUT2D eigenvalue weighted by Crippen LogP contribution is -2.32. The van der Waals surface area contributed by atoms with Crippen molar-refractivity contribution in [1.29, 1.82) is 0 Å². The van der Waals surface area contributed by atoms with Crippen molar-refractivity contribution in [3.63, 3.8) is 0 Å². The second-order valence-electron chi connectivity index (χ2n) is 31.0. The average Bonchev–Trinajstić information content (AvgIpc) is 1.66. The summed E-state index contributed by atoms with van der Waals surface area (Å²) in [4.78, 5) is 18.3. The summed E-state index contributed by atoms with van der Waals surface area (Å²) in [6.07, 6.45) is 4.37. The van der Waals surface area contributed by atoms with Gasteiger partial charge in [-0.2, -0.15) is 9.13 Å². The van der Waals surface area contributed by atoms with E-state index in [1.165, 1.54) is 44.3 Å². The lowest BCUT2D eigenvalue weighted by atomic mass is 9.94. The van der Waals surface area contributed by atoms with Crippen molar-refractivity contribution >= 4 is 87.7 Å². The van der Waals surface area contributed by atoms with Crippen molar-refractivity contribution in [2.75, 3.05) is 0 Å². The Morgan fingerprint density at radius 1 is 0.394 bits per heavy atom. The number of aryl methyl sites for hydroxylation is 10. The van der Waals surface area contributed by atoms with E-state index >= 15 is 0 Å². The molecule has 0 amide bonds. The van der Waals surface area contributed by atoms with Crippen LogP contribution in [-0.4, -0.2) is 19.9 Å². The van der Waals surface area contributed by atoms with E-state index in [1.807, 2.05) is 161 Å². The van der Waals surface area contributed by atoms with Gasteiger partial charge in [-0.15, -0.1) is 0 Å². The second-order valence-corrected chi connectivity index (χ2v) is 31.0. The van der Waals surface area contributed by atoms with Crippen LogP contribution in [0.25, 0.3) is 133 Å². The molecule has 0 radical (unpaired) electrons. The number of halogens is 2. The molecule has 0 atom stereocenters. The Labute approximate surface area is 644 Å². The molecule has 0 saturated heterocycles. The normalized spacial score (nSPS) is 12.0. The number of para-hydroxylation sites is 1. The van der Waals surface area contributed by atoms with Crippen molar-refractivity contribution in [2.24, 2.45) is 45.9 Å². The van der Waals surface area contributed by atoms with Gasteiger partial charge in [-0.05, 0) is 287 Å². The summed E-state index contributed by atoms with van der Waals surface area (Å²) in [7, 11) is 8.18. The molecule has 10 nitrogen and oxygen atoms in total. The highest BCUT2D eigenvalue weighted by molar-refractivity contribution is 6.11. The molecule has 0 saturated carbocycles. The fourth-order valence-electron chi connectivity index (χ4n) is 15.6. The van der Waals surface area contributed by atoms with Gasteiger partial charge in [-0.1, -0.05) is 91.4 Å². The Morgan fingerprint density at radius 2 is 0.826 bits per heavy atom. The van der Waals surface area contributed by atoms with Gasteiger partial charge in [0, 0.05) is 81.8 Å². The molecule has 12 heteroatoms. The molecule has 0 unspecified atom stereocenters. The van der Waals surface area contributed by atoms with Crippen LogP contribution in [0.15, 0.2) is 173 Å². The first-order valence-electron chi connectivity index (χ1n) is 38.7. The topological polar surface area (TPSA) is 93.4 Å². The van der Waals surface area contributed by atoms with Crippen molar-refractivity contribution in [3.05, 3.63) is 260 Å². The Bertz CT molecular complexity index is 6370. The highest BCUT2D eigenvalue weighted by atomic mass is 19.1. The quantitative estimate of drug-likeness (QED) is 0.127. The van der Waals surface area contributed by atoms with E-state index in [9.17, 15) is 8.78 Å². The van der Waals surface area contributed by atoms with Gasteiger partial charge in [-0.3, -0.25) is 0 Å². The number of hydrogen-bond donors (Lipinski definition) is 0. The number of pyridine rings is 4. The number of furan rings is 2. The first-order chi connectivity index (χ1) is 52.2. The molecule has 0 aliphatic heterocycles. The Morgan fingerprint density at radius 3 is 1.30 bits per heavy atom. The molecular weight excluding hydrogens is 1350 g/mol. The smallest absolute Gasteiger partial charge is 0.287 e. The second kappa shape index (κ2) is 31.3. The van der Waals surface area contributed by atoms with Crippen LogP contribution >= 0.6 is 0 Å². The van der Waals surface area contributed by atoms with E-state index in [-0.39, 0.29) is 25.0 Å². The van der Waals surface area contributed by atoms with E-state index in [1.54, 1.807) is 0 Å². The van der Waals surface area contributed by atoms with Crippen LogP contribution in [0.1, 0.15) is 135 Å². The molecular formula is C97H106F2N8O2+4. The fraction of sp³-hybridized carbons (Fsp3) is 0.299. The van der Waals surface area contributed by atoms with Gasteiger partial charge >= 0.3 is 0 Å². The first kappa shape index (κ1) is 74.9. The van der Waals surface area contributed by atoms with Gasteiger partial charge in [0.1, 0.15) is 37.1 Å². The first-order valence-corrected chi connectivity index (χ1v) is 37.7. The monoisotopic (exact) mass is 1450 g/mol. The molecule has 16 rings (SSSR count). The van der Waals surface area contributed by atoms with Gasteiger partial charge in [0.2, 0.25) is 33.8 Å². The molecule has 0 N–H and O–H groups in total. The van der Waals surface area contributed by atoms with E-state index < -0.39 is 6.37 Å². The van der Waals surface area contributed by atoms with Crippen LogP contribution in [-0.2, 0) is 47.4 Å². The summed E-state index contributed by atoms with van der Waals surface area (Å²) in [6, 6.07) is 52.4. The Kier molecular flexibility index (Phi) is 21.5. The minimum absolute atomic E-state index is 0. The fourth-order valence-corrected chi connectivity index (χ4v) is 15.6. The number of hydrogen-bond acceptors (Lipinski definition) is 6. The third-order valence-corrected chi connectivity index (χ3v) is 21.8. The minimum atomic E-state index is -1.41. The van der Waals surface area contributed by atoms with Crippen molar-refractivity contribution in [1.82, 2.24) is 19.9 Å². The van der Waals surface area contributed by atoms with E-state index in [4.69, 9.17) is 11.6 Å².